The Balaban J connectivity index is 2.89. The highest BCUT2D eigenvalue weighted by atomic mass is 19.4. The molecular formula is C11H4F6O. The summed E-state index contributed by atoms with van der Waals surface area (Å²) in [4.78, 5) is 10.4. The third kappa shape index (κ3) is 3.80. The highest BCUT2D eigenvalue weighted by Crippen LogP contribution is 2.28. The molecule has 1 nitrogen and oxygen atoms in total. The lowest BCUT2D eigenvalue weighted by atomic mass is 10.1. The number of hydrogen-bond donors (Lipinski definition) is 0. The van der Waals surface area contributed by atoms with Gasteiger partial charge in [-0.15, -0.1) is 0 Å². The van der Waals surface area contributed by atoms with Crippen molar-refractivity contribution in [1.82, 2.24) is 0 Å². The number of Topliss-reactive ketones (excluding diaryl/α,β-unsaturated/α-hetero) is 1. The van der Waals surface area contributed by atoms with Crippen molar-refractivity contribution < 1.29 is 31.1 Å². The number of alkyl halides is 6. The quantitative estimate of drug-likeness (QED) is 0.520. The summed E-state index contributed by atoms with van der Waals surface area (Å²) in [5, 5.41) is 0. The molecule has 7 heteroatoms. The van der Waals surface area contributed by atoms with Crippen LogP contribution in [0.3, 0.4) is 0 Å². The van der Waals surface area contributed by atoms with Crippen LogP contribution in [0.4, 0.5) is 26.3 Å². The normalized spacial score (nSPS) is 11.7. The third-order valence-electron chi connectivity index (χ3n) is 1.79. The van der Waals surface area contributed by atoms with E-state index in [1.165, 1.54) is 5.92 Å². The first kappa shape index (κ1) is 14.1. The molecule has 0 N–H and O–H groups in total. The topological polar surface area (TPSA) is 17.1 Å². The van der Waals surface area contributed by atoms with Gasteiger partial charge in [0.05, 0.1) is 5.56 Å². The fourth-order valence-electron chi connectivity index (χ4n) is 0.942. The van der Waals surface area contributed by atoms with Crippen LogP contribution in [0.2, 0.25) is 0 Å². The number of ketones is 1. The van der Waals surface area contributed by atoms with E-state index in [1.54, 1.807) is 0 Å². The summed E-state index contributed by atoms with van der Waals surface area (Å²) in [6.07, 6.45) is -9.60. The van der Waals surface area contributed by atoms with Crippen molar-refractivity contribution in [3.63, 3.8) is 0 Å². The minimum atomic E-state index is -5.07. The summed E-state index contributed by atoms with van der Waals surface area (Å²) in [6, 6.07) is 3.11. The second-order valence-corrected chi connectivity index (χ2v) is 3.15. The van der Waals surface area contributed by atoms with Gasteiger partial charge in [-0.25, -0.2) is 0 Å². The van der Waals surface area contributed by atoms with Crippen LogP contribution < -0.4 is 0 Å². The average molecular weight is 266 g/mol. The van der Waals surface area contributed by atoms with E-state index < -0.39 is 23.7 Å². The Morgan fingerprint density at radius 1 is 0.944 bits per heavy atom. The maximum absolute atomic E-state index is 12.2. The van der Waals surface area contributed by atoms with Crippen LogP contribution >= 0.6 is 0 Å². The first-order chi connectivity index (χ1) is 8.10. The second-order valence-electron chi connectivity index (χ2n) is 3.15. The number of benzene rings is 1. The molecule has 0 atom stereocenters. The SMILES string of the molecule is O=C(C#Cc1ccc(C(F)(F)F)cc1)C(F)(F)F. The van der Waals surface area contributed by atoms with Gasteiger partial charge in [-0.05, 0) is 30.2 Å². The van der Waals surface area contributed by atoms with Crippen molar-refractivity contribution in [2.45, 2.75) is 12.4 Å². The Morgan fingerprint density at radius 2 is 1.44 bits per heavy atom. The Morgan fingerprint density at radius 3 is 1.83 bits per heavy atom. The summed E-state index contributed by atoms with van der Waals surface area (Å²) in [6.45, 7) is 0. The van der Waals surface area contributed by atoms with Crippen LogP contribution in [-0.4, -0.2) is 12.0 Å². The van der Waals surface area contributed by atoms with E-state index in [1.807, 2.05) is 5.92 Å². The molecule has 0 amide bonds. The fourth-order valence-corrected chi connectivity index (χ4v) is 0.942. The zero-order valence-electron chi connectivity index (χ0n) is 8.49. The minimum absolute atomic E-state index is 0.111. The molecule has 0 bridgehead atoms. The molecule has 18 heavy (non-hydrogen) atoms. The number of carbonyl (C=O) groups is 1. The van der Waals surface area contributed by atoms with E-state index in [-0.39, 0.29) is 5.56 Å². The molecule has 1 aromatic carbocycles. The molecule has 96 valence electrons. The van der Waals surface area contributed by atoms with Crippen molar-refractivity contribution in [3.8, 4) is 11.8 Å². The summed E-state index contributed by atoms with van der Waals surface area (Å²) >= 11 is 0. The smallest absolute Gasteiger partial charge is 0.275 e. The van der Waals surface area contributed by atoms with Crippen molar-refractivity contribution in [2.24, 2.45) is 0 Å². The molecule has 1 rings (SSSR count). The zero-order valence-corrected chi connectivity index (χ0v) is 8.49. The lowest BCUT2D eigenvalue weighted by molar-refractivity contribution is -0.164. The highest BCUT2D eigenvalue weighted by Gasteiger charge is 2.37. The summed E-state index contributed by atoms with van der Waals surface area (Å²) in [5.74, 6) is 0.897. The van der Waals surface area contributed by atoms with Crippen LogP contribution in [-0.2, 0) is 11.0 Å². The van der Waals surface area contributed by atoms with Gasteiger partial charge >= 0.3 is 18.1 Å². The molecule has 0 aromatic heterocycles. The van der Waals surface area contributed by atoms with E-state index in [4.69, 9.17) is 0 Å². The van der Waals surface area contributed by atoms with E-state index in [0.29, 0.717) is 12.1 Å². The van der Waals surface area contributed by atoms with Crippen LogP contribution in [0.15, 0.2) is 24.3 Å². The molecule has 0 saturated heterocycles. The lowest BCUT2D eigenvalue weighted by Gasteiger charge is -2.05. The van der Waals surface area contributed by atoms with Crippen molar-refractivity contribution >= 4 is 5.78 Å². The number of hydrogen-bond acceptors (Lipinski definition) is 1. The number of rotatable bonds is 0. The largest absolute Gasteiger partial charge is 0.462 e. The summed E-state index contributed by atoms with van der Waals surface area (Å²) in [5.41, 5.74) is -1.06. The first-order valence-electron chi connectivity index (χ1n) is 4.41. The molecule has 1 aromatic rings. The standard InChI is InChI=1S/C11H4F6O/c12-10(13,14)8-4-1-7(2-5-8)3-6-9(18)11(15,16)17/h1-2,4-5H. The molecule has 0 aliphatic rings. The van der Waals surface area contributed by atoms with E-state index in [0.717, 1.165) is 12.1 Å². The molecule has 0 heterocycles. The second kappa shape index (κ2) is 4.72. The zero-order chi connectivity index (χ0) is 14.0. The predicted molar refractivity (Wildman–Crippen MR) is 49.4 cm³/mol. The molecule has 0 saturated carbocycles. The Kier molecular flexibility index (Phi) is 3.70. The Bertz CT molecular complexity index is 498. The van der Waals surface area contributed by atoms with Crippen LogP contribution in [0.5, 0.6) is 0 Å². The van der Waals surface area contributed by atoms with Gasteiger partial charge in [-0.2, -0.15) is 26.3 Å². The Hall–Kier alpha value is -1.97. The number of halogens is 6. The van der Waals surface area contributed by atoms with Gasteiger partial charge in [0, 0.05) is 5.56 Å². The third-order valence-corrected chi connectivity index (χ3v) is 1.79. The predicted octanol–water partition coefficient (Wildman–Crippen LogP) is 3.19. The van der Waals surface area contributed by atoms with Gasteiger partial charge in [0.25, 0.3) is 0 Å². The van der Waals surface area contributed by atoms with Crippen molar-refractivity contribution in [3.05, 3.63) is 35.4 Å². The van der Waals surface area contributed by atoms with Crippen LogP contribution in [0.25, 0.3) is 0 Å². The van der Waals surface area contributed by atoms with Gasteiger partial charge in [0.2, 0.25) is 0 Å². The van der Waals surface area contributed by atoms with Crippen molar-refractivity contribution in [1.29, 1.82) is 0 Å². The van der Waals surface area contributed by atoms with E-state index in [2.05, 4.69) is 0 Å². The van der Waals surface area contributed by atoms with Gasteiger partial charge in [-0.3, -0.25) is 4.79 Å². The van der Waals surface area contributed by atoms with Gasteiger partial charge in [-0.1, -0.05) is 5.92 Å². The monoisotopic (exact) mass is 266 g/mol. The molecule has 0 spiro atoms. The molecule has 0 unspecified atom stereocenters. The van der Waals surface area contributed by atoms with Gasteiger partial charge in [0.1, 0.15) is 0 Å². The van der Waals surface area contributed by atoms with Gasteiger partial charge in [0.15, 0.2) is 0 Å². The van der Waals surface area contributed by atoms with Crippen LogP contribution in [0, 0.1) is 11.8 Å². The molecular weight excluding hydrogens is 262 g/mol. The fraction of sp³-hybridized carbons (Fsp3) is 0.182. The van der Waals surface area contributed by atoms with E-state index in [9.17, 15) is 31.1 Å². The summed E-state index contributed by atoms with van der Waals surface area (Å²) < 4.78 is 71.8. The Labute approximate surface area is 97.4 Å². The number of carbonyl (C=O) groups excluding carboxylic acids is 1. The lowest BCUT2D eigenvalue weighted by Crippen LogP contribution is -2.20. The summed E-state index contributed by atoms with van der Waals surface area (Å²) in [7, 11) is 0. The minimum Gasteiger partial charge on any atom is -0.275 e. The molecule has 0 aliphatic carbocycles. The average Bonchev–Trinajstić information content (AvgIpc) is 2.24. The highest BCUT2D eigenvalue weighted by molar-refractivity contribution is 6.00. The van der Waals surface area contributed by atoms with E-state index >= 15 is 0 Å². The van der Waals surface area contributed by atoms with Gasteiger partial charge < -0.3 is 0 Å². The van der Waals surface area contributed by atoms with Crippen LogP contribution in [0.1, 0.15) is 11.1 Å². The maximum Gasteiger partial charge on any atom is 0.462 e. The van der Waals surface area contributed by atoms with Crippen molar-refractivity contribution in [2.75, 3.05) is 0 Å². The molecule has 0 fully saturated rings. The molecule has 0 radical (unpaired) electrons. The first-order valence-corrected chi connectivity index (χ1v) is 4.41. The molecule has 0 aliphatic heterocycles. The maximum atomic E-state index is 12.2.